The number of para-hydroxylation sites is 1. The highest BCUT2D eigenvalue weighted by atomic mass is 19.4. The molecule has 0 unspecified atom stereocenters. The Morgan fingerprint density at radius 1 is 1.14 bits per heavy atom. The fourth-order valence-electron chi connectivity index (χ4n) is 3.01. The second-order valence-electron chi connectivity index (χ2n) is 6.31. The lowest BCUT2D eigenvalue weighted by Crippen LogP contribution is -2.24. The average molecular weight is 388 g/mol. The number of fused-ring (bicyclic) bond motifs is 1. The lowest BCUT2D eigenvalue weighted by atomic mass is 10.1. The minimum absolute atomic E-state index is 0.112. The van der Waals surface area contributed by atoms with Gasteiger partial charge in [0.1, 0.15) is 5.69 Å². The van der Waals surface area contributed by atoms with Gasteiger partial charge in [0.25, 0.3) is 11.7 Å². The Kier molecular flexibility index (Phi) is 4.55. The molecular formula is C18H15F3N6O. The molecule has 0 saturated carbocycles. The quantitative estimate of drug-likeness (QED) is 0.716. The normalized spacial score (nSPS) is 13.4. The van der Waals surface area contributed by atoms with Crippen molar-refractivity contribution in [1.29, 1.82) is 0 Å². The molecule has 2 aromatic carbocycles. The second kappa shape index (κ2) is 7.04. The van der Waals surface area contributed by atoms with Crippen LogP contribution < -0.4 is 10.6 Å². The summed E-state index contributed by atoms with van der Waals surface area (Å²) in [7, 11) is 0. The summed E-state index contributed by atoms with van der Waals surface area (Å²) in [6.07, 6.45) is -4.71. The van der Waals surface area contributed by atoms with Gasteiger partial charge in [-0.1, -0.05) is 30.3 Å². The molecule has 3 aromatic rings. The number of hydrogen-bond donors (Lipinski definition) is 2. The SMILES string of the molecule is O=C(NCc1ccc2c(c1)CNC2)c1ccccc1-n1nnc(C(F)(F)F)n1. The third-order valence-corrected chi connectivity index (χ3v) is 4.39. The van der Waals surface area contributed by atoms with Crippen molar-refractivity contribution in [3.05, 3.63) is 70.5 Å². The lowest BCUT2D eigenvalue weighted by molar-refractivity contribution is -0.145. The summed E-state index contributed by atoms with van der Waals surface area (Å²) >= 11 is 0. The third-order valence-electron chi connectivity index (χ3n) is 4.39. The molecule has 1 aliphatic heterocycles. The number of aromatic nitrogens is 4. The van der Waals surface area contributed by atoms with Crippen molar-refractivity contribution in [3.8, 4) is 5.69 Å². The van der Waals surface area contributed by atoms with E-state index >= 15 is 0 Å². The summed E-state index contributed by atoms with van der Waals surface area (Å²) in [5.41, 5.74) is 3.63. The first kappa shape index (κ1) is 18.1. The van der Waals surface area contributed by atoms with E-state index in [0.717, 1.165) is 18.7 Å². The van der Waals surface area contributed by atoms with Gasteiger partial charge in [-0.2, -0.15) is 13.2 Å². The van der Waals surface area contributed by atoms with Crippen LogP contribution in [0.5, 0.6) is 0 Å². The molecule has 0 bridgehead atoms. The fourth-order valence-corrected chi connectivity index (χ4v) is 3.01. The zero-order chi connectivity index (χ0) is 19.7. The molecule has 1 amide bonds. The Hall–Kier alpha value is -3.27. The van der Waals surface area contributed by atoms with Crippen LogP contribution in [0.15, 0.2) is 42.5 Å². The molecule has 7 nitrogen and oxygen atoms in total. The Morgan fingerprint density at radius 2 is 1.93 bits per heavy atom. The predicted molar refractivity (Wildman–Crippen MR) is 92.3 cm³/mol. The van der Waals surface area contributed by atoms with E-state index in [1.165, 1.54) is 23.3 Å². The maximum atomic E-state index is 12.7. The standard InChI is InChI=1S/C18H15F3N6O/c19-18(20,21)17-24-26-27(25-17)15-4-2-1-3-14(15)16(28)23-8-11-5-6-12-9-22-10-13(12)7-11/h1-7,22H,8-10H2,(H,23,28). The number of rotatable bonds is 4. The fraction of sp³-hybridized carbons (Fsp3) is 0.222. The van der Waals surface area contributed by atoms with E-state index in [0.29, 0.717) is 11.3 Å². The van der Waals surface area contributed by atoms with Crippen LogP contribution in [0, 0.1) is 0 Å². The van der Waals surface area contributed by atoms with E-state index in [1.807, 2.05) is 18.2 Å². The van der Waals surface area contributed by atoms with Gasteiger partial charge in [-0.15, -0.1) is 15.0 Å². The van der Waals surface area contributed by atoms with E-state index in [2.05, 4.69) is 26.0 Å². The second-order valence-corrected chi connectivity index (χ2v) is 6.31. The molecule has 28 heavy (non-hydrogen) atoms. The monoisotopic (exact) mass is 388 g/mol. The molecule has 0 aliphatic carbocycles. The molecule has 0 spiro atoms. The van der Waals surface area contributed by atoms with E-state index < -0.39 is 17.9 Å². The summed E-state index contributed by atoms with van der Waals surface area (Å²) in [5, 5.41) is 15.8. The van der Waals surface area contributed by atoms with E-state index in [4.69, 9.17) is 0 Å². The number of hydrogen-bond acceptors (Lipinski definition) is 5. The number of halogens is 3. The molecule has 0 atom stereocenters. The Morgan fingerprint density at radius 3 is 2.71 bits per heavy atom. The van der Waals surface area contributed by atoms with Gasteiger partial charge in [-0.05, 0) is 34.0 Å². The molecule has 0 saturated heterocycles. The number of nitrogens with one attached hydrogen (secondary N) is 2. The maximum Gasteiger partial charge on any atom is 0.455 e. The third kappa shape index (κ3) is 3.58. The molecule has 1 aliphatic rings. The Bertz CT molecular complexity index is 1030. The average Bonchev–Trinajstić information content (AvgIpc) is 3.34. The minimum Gasteiger partial charge on any atom is -0.348 e. The number of amides is 1. The zero-order valence-electron chi connectivity index (χ0n) is 14.5. The molecule has 2 N–H and O–H groups in total. The van der Waals surface area contributed by atoms with Crippen molar-refractivity contribution in [2.45, 2.75) is 25.8 Å². The maximum absolute atomic E-state index is 12.7. The van der Waals surface area contributed by atoms with Crippen LogP contribution in [0.3, 0.4) is 0 Å². The minimum atomic E-state index is -4.71. The predicted octanol–water partition coefficient (Wildman–Crippen LogP) is 2.21. The first-order valence-corrected chi connectivity index (χ1v) is 8.48. The van der Waals surface area contributed by atoms with E-state index in [9.17, 15) is 18.0 Å². The molecule has 4 rings (SSSR count). The highest BCUT2D eigenvalue weighted by Crippen LogP contribution is 2.25. The molecular weight excluding hydrogens is 373 g/mol. The highest BCUT2D eigenvalue weighted by Gasteiger charge is 2.37. The first-order valence-electron chi connectivity index (χ1n) is 8.48. The summed E-state index contributed by atoms with van der Waals surface area (Å²) in [4.78, 5) is 13.3. The van der Waals surface area contributed by atoms with Gasteiger partial charge in [0.15, 0.2) is 0 Å². The van der Waals surface area contributed by atoms with Gasteiger partial charge in [-0.3, -0.25) is 4.79 Å². The molecule has 144 valence electrons. The zero-order valence-corrected chi connectivity index (χ0v) is 14.5. The van der Waals surface area contributed by atoms with Crippen molar-refractivity contribution in [3.63, 3.8) is 0 Å². The number of benzene rings is 2. The number of carbonyl (C=O) groups is 1. The van der Waals surface area contributed by atoms with Gasteiger partial charge in [0.05, 0.1) is 5.56 Å². The number of carbonyl (C=O) groups excluding carboxylic acids is 1. The Labute approximate surface area is 157 Å². The summed E-state index contributed by atoms with van der Waals surface area (Å²) < 4.78 is 38.2. The van der Waals surface area contributed by atoms with Crippen molar-refractivity contribution < 1.29 is 18.0 Å². The summed E-state index contributed by atoms with van der Waals surface area (Å²) in [6, 6.07) is 12.1. The van der Waals surface area contributed by atoms with Gasteiger partial charge >= 0.3 is 6.18 Å². The van der Waals surface area contributed by atoms with Gasteiger partial charge < -0.3 is 10.6 Å². The number of alkyl halides is 3. The van der Waals surface area contributed by atoms with Gasteiger partial charge in [0, 0.05) is 19.6 Å². The first-order chi connectivity index (χ1) is 13.4. The van der Waals surface area contributed by atoms with E-state index in [1.54, 1.807) is 12.1 Å². The van der Waals surface area contributed by atoms with Crippen LogP contribution in [-0.2, 0) is 25.8 Å². The van der Waals surface area contributed by atoms with Gasteiger partial charge in [-0.25, -0.2) is 0 Å². The molecule has 1 aromatic heterocycles. The van der Waals surface area contributed by atoms with Crippen molar-refractivity contribution in [2.24, 2.45) is 0 Å². The Balaban J connectivity index is 1.53. The molecule has 2 heterocycles. The van der Waals surface area contributed by atoms with Gasteiger partial charge in [0.2, 0.25) is 0 Å². The lowest BCUT2D eigenvalue weighted by Gasteiger charge is -2.10. The number of nitrogens with zero attached hydrogens (tertiary/aromatic N) is 4. The largest absolute Gasteiger partial charge is 0.455 e. The molecule has 0 radical (unpaired) electrons. The van der Waals surface area contributed by atoms with Crippen LogP contribution in [0.25, 0.3) is 5.69 Å². The van der Waals surface area contributed by atoms with E-state index in [-0.39, 0.29) is 11.3 Å². The topological polar surface area (TPSA) is 84.7 Å². The number of tetrazole rings is 1. The highest BCUT2D eigenvalue weighted by molar-refractivity contribution is 5.97. The van der Waals surface area contributed by atoms with Crippen LogP contribution in [0.2, 0.25) is 0 Å². The van der Waals surface area contributed by atoms with Crippen molar-refractivity contribution in [1.82, 2.24) is 30.8 Å². The summed E-state index contributed by atoms with van der Waals surface area (Å²) in [5.74, 6) is -1.81. The van der Waals surface area contributed by atoms with Crippen LogP contribution in [0.1, 0.15) is 32.9 Å². The van der Waals surface area contributed by atoms with Crippen molar-refractivity contribution in [2.75, 3.05) is 0 Å². The molecule has 10 heteroatoms. The van der Waals surface area contributed by atoms with Crippen LogP contribution >= 0.6 is 0 Å². The van der Waals surface area contributed by atoms with Crippen LogP contribution in [0.4, 0.5) is 13.2 Å². The molecule has 0 fully saturated rings. The summed E-state index contributed by atoms with van der Waals surface area (Å²) in [6.45, 7) is 1.92. The van der Waals surface area contributed by atoms with Crippen molar-refractivity contribution >= 4 is 5.91 Å². The van der Waals surface area contributed by atoms with Crippen LogP contribution in [-0.4, -0.2) is 26.1 Å². The smallest absolute Gasteiger partial charge is 0.348 e.